The van der Waals surface area contributed by atoms with Crippen LogP contribution < -0.4 is 0 Å². The predicted octanol–water partition coefficient (Wildman–Crippen LogP) is 0.930. The zero-order valence-electron chi connectivity index (χ0n) is 25.9. The van der Waals surface area contributed by atoms with E-state index >= 15 is 0 Å². The van der Waals surface area contributed by atoms with Crippen molar-refractivity contribution in [1.29, 1.82) is 0 Å². The first-order chi connectivity index (χ1) is 19.6. The quantitative estimate of drug-likeness (QED) is 0.209. The Bertz CT molecular complexity index is 950. The van der Waals surface area contributed by atoms with Gasteiger partial charge in [-0.05, 0) is 85.4 Å². The van der Waals surface area contributed by atoms with E-state index in [0.717, 1.165) is 19.3 Å². The van der Waals surface area contributed by atoms with Gasteiger partial charge in [-0.1, -0.05) is 34.6 Å². The Morgan fingerprint density at radius 2 is 1.48 bits per heavy atom. The molecule has 10 nitrogen and oxygen atoms in total. The van der Waals surface area contributed by atoms with Crippen molar-refractivity contribution in [3.8, 4) is 0 Å². The number of hydrogen-bond donors (Lipinski definition) is 8. The molecular formula is C32H56O10. The van der Waals surface area contributed by atoms with Gasteiger partial charge >= 0.3 is 0 Å². The van der Waals surface area contributed by atoms with Crippen molar-refractivity contribution in [2.24, 2.45) is 46.3 Å². The summed E-state index contributed by atoms with van der Waals surface area (Å²) >= 11 is 0. The van der Waals surface area contributed by atoms with Crippen LogP contribution in [0.4, 0.5) is 0 Å². The number of aliphatic hydroxyl groups excluding tert-OH is 7. The Hall–Kier alpha value is -0.400. The number of rotatable bonds is 7. The molecule has 0 amide bonds. The molecule has 5 aliphatic rings. The summed E-state index contributed by atoms with van der Waals surface area (Å²) in [6.45, 7) is 10.2. The Balaban J connectivity index is 1.32. The zero-order chi connectivity index (χ0) is 30.9. The van der Waals surface area contributed by atoms with Crippen molar-refractivity contribution >= 4 is 0 Å². The van der Waals surface area contributed by atoms with Crippen LogP contribution >= 0.6 is 0 Å². The van der Waals surface area contributed by atoms with Gasteiger partial charge in [-0.15, -0.1) is 0 Å². The van der Waals surface area contributed by atoms with Crippen LogP contribution in [-0.4, -0.2) is 108 Å². The van der Waals surface area contributed by atoms with Gasteiger partial charge in [0.05, 0.1) is 42.7 Å². The lowest BCUT2D eigenvalue weighted by Gasteiger charge is -2.65. The van der Waals surface area contributed by atoms with E-state index in [9.17, 15) is 40.9 Å². The van der Waals surface area contributed by atoms with E-state index in [0.29, 0.717) is 25.7 Å². The molecule has 0 radical (unpaired) electrons. The van der Waals surface area contributed by atoms with Crippen LogP contribution in [0, 0.1) is 46.3 Å². The molecule has 4 saturated carbocycles. The maximum Gasteiger partial charge on any atom is 0.186 e. The van der Waals surface area contributed by atoms with E-state index in [2.05, 4.69) is 20.8 Å². The van der Waals surface area contributed by atoms with Crippen molar-refractivity contribution in [3.63, 3.8) is 0 Å². The first-order valence-corrected chi connectivity index (χ1v) is 16.3. The molecule has 0 aromatic rings. The van der Waals surface area contributed by atoms with Gasteiger partial charge < -0.3 is 50.3 Å². The Morgan fingerprint density at radius 3 is 2.14 bits per heavy atom. The van der Waals surface area contributed by atoms with Crippen LogP contribution in [0.15, 0.2) is 0 Å². The summed E-state index contributed by atoms with van der Waals surface area (Å²) in [5, 5.41) is 87.6. The van der Waals surface area contributed by atoms with E-state index in [1.807, 2.05) is 13.8 Å². The molecule has 244 valence electrons. The lowest BCUT2D eigenvalue weighted by molar-refractivity contribution is -0.287. The number of hydrogen-bond acceptors (Lipinski definition) is 10. The van der Waals surface area contributed by atoms with Gasteiger partial charge in [-0.2, -0.15) is 0 Å². The Morgan fingerprint density at radius 1 is 0.810 bits per heavy atom. The van der Waals surface area contributed by atoms with Gasteiger partial charge in [0.25, 0.3) is 0 Å². The molecule has 8 N–H and O–H groups in total. The molecule has 4 aliphatic carbocycles. The number of aliphatic hydroxyl groups is 8. The second-order valence-electron chi connectivity index (χ2n) is 15.6. The lowest BCUT2D eigenvalue weighted by atomic mass is 9.42. The second-order valence-corrected chi connectivity index (χ2v) is 15.6. The van der Waals surface area contributed by atoms with Gasteiger partial charge in [0.15, 0.2) is 6.29 Å². The summed E-state index contributed by atoms with van der Waals surface area (Å²) in [6.07, 6.45) is -3.84. The smallest absolute Gasteiger partial charge is 0.186 e. The number of ether oxygens (including phenoxy) is 2. The minimum absolute atomic E-state index is 0.0269. The lowest BCUT2D eigenvalue weighted by Crippen LogP contribution is -2.68. The molecule has 0 aromatic carbocycles. The molecule has 42 heavy (non-hydrogen) atoms. The van der Waals surface area contributed by atoms with Crippen molar-refractivity contribution in [1.82, 2.24) is 0 Å². The van der Waals surface area contributed by atoms with Crippen LogP contribution in [0.1, 0.15) is 86.0 Å². The largest absolute Gasteiger partial charge is 0.393 e. The summed E-state index contributed by atoms with van der Waals surface area (Å²) in [5.74, 6) is -1.05. The first-order valence-electron chi connectivity index (χ1n) is 16.3. The van der Waals surface area contributed by atoms with Crippen molar-refractivity contribution < 1.29 is 50.3 Å². The summed E-state index contributed by atoms with van der Waals surface area (Å²) in [5.41, 5.74) is -2.21. The molecule has 1 heterocycles. The summed E-state index contributed by atoms with van der Waals surface area (Å²) < 4.78 is 11.6. The third-order valence-corrected chi connectivity index (χ3v) is 12.9. The highest BCUT2D eigenvalue weighted by atomic mass is 16.7. The standard InChI is InChI=1S/C32H56O10/c1-15(2)21(42-29-27(39)24(36)20(35)14-41-29)7-6-16(3)23-25(37)26(38)28-31(23,5)11-9-22-30(4)10-8-17(33)12-18(30)19(34)13-32(22,28)40/h15-29,33-40H,6-14H2,1-5H3. The number of fused-ring (bicyclic) bond motifs is 5. The van der Waals surface area contributed by atoms with E-state index in [-0.39, 0.29) is 54.1 Å². The fourth-order valence-electron chi connectivity index (χ4n) is 10.8. The minimum atomic E-state index is -1.37. The fourth-order valence-corrected chi connectivity index (χ4v) is 10.8. The molecule has 5 fully saturated rings. The van der Waals surface area contributed by atoms with E-state index in [1.54, 1.807) is 0 Å². The average Bonchev–Trinajstić information content (AvgIpc) is 3.12. The third kappa shape index (κ3) is 5.19. The monoisotopic (exact) mass is 600 g/mol. The molecule has 10 heteroatoms. The zero-order valence-corrected chi connectivity index (χ0v) is 25.9. The highest BCUT2D eigenvalue weighted by Crippen LogP contribution is 2.69. The van der Waals surface area contributed by atoms with Crippen LogP contribution in [0.25, 0.3) is 0 Å². The van der Waals surface area contributed by atoms with Crippen LogP contribution in [-0.2, 0) is 9.47 Å². The molecular weight excluding hydrogens is 544 g/mol. The SMILES string of the molecule is CC(C)C(CCC(C)C1C(O)C(O)C2C1(C)CCC1C3(C)CCC(O)CC3C(O)CC12O)OC1OCC(O)C(O)C1O. The van der Waals surface area contributed by atoms with Crippen molar-refractivity contribution in [3.05, 3.63) is 0 Å². The molecule has 17 unspecified atom stereocenters. The van der Waals surface area contributed by atoms with Gasteiger partial charge in [-0.25, -0.2) is 0 Å². The maximum absolute atomic E-state index is 12.5. The van der Waals surface area contributed by atoms with E-state index < -0.39 is 66.0 Å². The molecule has 1 saturated heterocycles. The van der Waals surface area contributed by atoms with E-state index in [1.165, 1.54) is 0 Å². The van der Waals surface area contributed by atoms with Crippen LogP contribution in [0.3, 0.4) is 0 Å². The molecule has 0 spiro atoms. The van der Waals surface area contributed by atoms with Crippen LogP contribution in [0.5, 0.6) is 0 Å². The van der Waals surface area contributed by atoms with Gasteiger partial charge in [-0.3, -0.25) is 0 Å². The molecule has 17 atom stereocenters. The van der Waals surface area contributed by atoms with Crippen LogP contribution in [0.2, 0.25) is 0 Å². The predicted molar refractivity (Wildman–Crippen MR) is 153 cm³/mol. The van der Waals surface area contributed by atoms with E-state index in [4.69, 9.17) is 9.47 Å². The molecule has 5 rings (SSSR count). The highest BCUT2D eigenvalue weighted by molar-refractivity contribution is 5.21. The van der Waals surface area contributed by atoms with Gasteiger partial charge in [0.1, 0.15) is 18.3 Å². The Labute approximate surface area is 250 Å². The summed E-state index contributed by atoms with van der Waals surface area (Å²) in [4.78, 5) is 0. The fraction of sp³-hybridized carbons (Fsp3) is 1.00. The highest BCUT2D eigenvalue weighted by Gasteiger charge is 2.72. The summed E-state index contributed by atoms with van der Waals surface area (Å²) in [7, 11) is 0. The molecule has 0 aromatic heterocycles. The topological polar surface area (TPSA) is 180 Å². The summed E-state index contributed by atoms with van der Waals surface area (Å²) in [6, 6.07) is 0. The van der Waals surface area contributed by atoms with Gasteiger partial charge in [0, 0.05) is 12.3 Å². The normalized spacial score (nSPS) is 54.1. The van der Waals surface area contributed by atoms with Gasteiger partial charge in [0.2, 0.25) is 0 Å². The average molecular weight is 601 g/mol. The second kappa shape index (κ2) is 11.8. The Kier molecular flexibility index (Phi) is 9.23. The van der Waals surface area contributed by atoms with Crippen molar-refractivity contribution in [2.75, 3.05) is 6.61 Å². The first kappa shape index (κ1) is 33.0. The minimum Gasteiger partial charge on any atom is -0.393 e. The molecule has 1 aliphatic heterocycles. The van der Waals surface area contributed by atoms with Crippen molar-refractivity contribution in [2.45, 2.75) is 147 Å². The molecule has 0 bridgehead atoms. The maximum atomic E-state index is 12.5. The third-order valence-electron chi connectivity index (χ3n) is 12.9.